The van der Waals surface area contributed by atoms with Crippen molar-refractivity contribution in [2.75, 3.05) is 6.61 Å². The lowest BCUT2D eigenvalue weighted by Gasteiger charge is -2.23. The highest BCUT2D eigenvalue weighted by molar-refractivity contribution is 5.99. The standard InChI is InChI=1S/C26H28N4O2/c1-16-7-8-20(17(2)11-16)12-22-15-31-30-26(29-22)25-24(14-27-18(3)28-25)32-23-6-4-5-21(13-23)19-9-10-19/h4-8,11,13-14,19,22H,9-10,12,15H2,1-3H3,(H,29,30)/t22-/m1/s1. The van der Waals surface area contributed by atoms with E-state index in [1.807, 2.05) is 19.1 Å². The van der Waals surface area contributed by atoms with Crippen molar-refractivity contribution < 1.29 is 9.57 Å². The molecule has 0 bridgehead atoms. The Kier molecular flexibility index (Phi) is 5.62. The maximum Gasteiger partial charge on any atom is 0.175 e. The zero-order valence-corrected chi connectivity index (χ0v) is 18.8. The maximum atomic E-state index is 6.22. The monoisotopic (exact) mass is 428 g/mol. The number of nitrogens with zero attached hydrogens (tertiary/aromatic N) is 3. The number of amidine groups is 1. The number of hydroxylamine groups is 1. The molecule has 164 valence electrons. The van der Waals surface area contributed by atoms with Gasteiger partial charge < -0.3 is 4.74 Å². The highest BCUT2D eigenvalue weighted by Crippen LogP contribution is 2.41. The van der Waals surface area contributed by atoms with Crippen LogP contribution in [-0.2, 0) is 11.3 Å². The molecule has 6 heteroatoms. The second-order valence-electron chi connectivity index (χ2n) is 8.76. The van der Waals surface area contributed by atoms with Crippen molar-refractivity contribution in [1.82, 2.24) is 15.4 Å². The van der Waals surface area contributed by atoms with Crippen molar-refractivity contribution >= 4 is 5.84 Å². The SMILES string of the molecule is Cc1ccc(C[C@@H]2CONC(c3nc(C)ncc3Oc3cccc(C4CC4)c3)=N2)c(C)c1. The van der Waals surface area contributed by atoms with Crippen molar-refractivity contribution in [3.63, 3.8) is 0 Å². The Morgan fingerprint density at radius 3 is 2.78 bits per heavy atom. The van der Waals surface area contributed by atoms with Crippen LogP contribution in [0, 0.1) is 20.8 Å². The van der Waals surface area contributed by atoms with E-state index in [0.717, 1.165) is 12.2 Å². The summed E-state index contributed by atoms with van der Waals surface area (Å²) in [4.78, 5) is 19.6. The molecular formula is C26H28N4O2. The molecule has 1 fully saturated rings. The Morgan fingerprint density at radius 2 is 1.97 bits per heavy atom. The molecule has 2 aliphatic rings. The molecule has 1 N–H and O–H groups in total. The lowest BCUT2D eigenvalue weighted by Crippen LogP contribution is -2.37. The molecule has 0 unspecified atom stereocenters. The van der Waals surface area contributed by atoms with E-state index >= 15 is 0 Å². The molecule has 5 rings (SSSR count). The van der Waals surface area contributed by atoms with E-state index in [9.17, 15) is 0 Å². The van der Waals surface area contributed by atoms with Gasteiger partial charge in [-0.2, -0.15) is 0 Å². The lowest BCUT2D eigenvalue weighted by atomic mass is 9.99. The Hall–Kier alpha value is -3.25. The molecule has 2 aromatic carbocycles. The summed E-state index contributed by atoms with van der Waals surface area (Å²) in [5.41, 5.74) is 8.70. The van der Waals surface area contributed by atoms with E-state index < -0.39 is 0 Å². The summed E-state index contributed by atoms with van der Waals surface area (Å²) in [7, 11) is 0. The summed E-state index contributed by atoms with van der Waals surface area (Å²) in [6, 6.07) is 14.8. The van der Waals surface area contributed by atoms with E-state index in [4.69, 9.17) is 14.6 Å². The molecule has 1 saturated carbocycles. The summed E-state index contributed by atoms with van der Waals surface area (Å²) in [5.74, 6) is 3.24. The average molecular weight is 429 g/mol. The third kappa shape index (κ3) is 4.65. The Bertz CT molecular complexity index is 1170. The fourth-order valence-corrected chi connectivity index (χ4v) is 4.07. The zero-order valence-electron chi connectivity index (χ0n) is 18.8. The van der Waals surface area contributed by atoms with E-state index in [1.165, 1.54) is 35.1 Å². The van der Waals surface area contributed by atoms with Gasteiger partial charge in [-0.05, 0) is 74.8 Å². The molecule has 0 amide bonds. The topological polar surface area (TPSA) is 68.6 Å². The van der Waals surface area contributed by atoms with Gasteiger partial charge in [0.15, 0.2) is 17.3 Å². The van der Waals surface area contributed by atoms with Crippen LogP contribution in [0.3, 0.4) is 0 Å². The van der Waals surface area contributed by atoms with Crippen LogP contribution in [0.15, 0.2) is 53.7 Å². The fraction of sp³-hybridized carbons (Fsp3) is 0.346. The largest absolute Gasteiger partial charge is 0.453 e. The minimum absolute atomic E-state index is 0.00558. The number of benzene rings is 2. The van der Waals surface area contributed by atoms with Gasteiger partial charge in [-0.3, -0.25) is 9.83 Å². The second-order valence-corrected chi connectivity index (χ2v) is 8.76. The summed E-state index contributed by atoms with van der Waals surface area (Å²) in [6.45, 7) is 6.61. The van der Waals surface area contributed by atoms with Gasteiger partial charge in [0.2, 0.25) is 0 Å². The number of aliphatic imine (C=N–C) groups is 1. The maximum absolute atomic E-state index is 6.22. The van der Waals surface area contributed by atoms with E-state index in [1.54, 1.807) is 6.20 Å². The van der Waals surface area contributed by atoms with Gasteiger partial charge in [0, 0.05) is 0 Å². The third-order valence-electron chi connectivity index (χ3n) is 5.94. The quantitative estimate of drug-likeness (QED) is 0.601. The average Bonchev–Trinajstić information content (AvgIpc) is 3.63. The highest BCUT2D eigenvalue weighted by atomic mass is 16.6. The van der Waals surface area contributed by atoms with Crippen molar-refractivity contribution in [3.05, 3.63) is 82.4 Å². The first-order chi connectivity index (χ1) is 15.5. The van der Waals surface area contributed by atoms with Crippen molar-refractivity contribution in [1.29, 1.82) is 0 Å². The van der Waals surface area contributed by atoms with Gasteiger partial charge in [0.25, 0.3) is 0 Å². The van der Waals surface area contributed by atoms with Crippen molar-refractivity contribution in [2.24, 2.45) is 4.99 Å². The van der Waals surface area contributed by atoms with Crippen LogP contribution in [-0.4, -0.2) is 28.5 Å². The first kappa shape index (κ1) is 20.6. The van der Waals surface area contributed by atoms with Crippen LogP contribution in [0.1, 0.15) is 52.5 Å². The molecule has 0 saturated heterocycles. The van der Waals surface area contributed by atoms with Gasteiger partial charge in [-0.1, -0.05) is 35.9 Å². The van der Waals surface area contributed by atoms with Gasteiger partial charge in [0.1, 0.15) is 11.6 Å². The molecule has 1 aromatic heterocycles. The van der Waals surface area contributed by atoms with E-state index in [0.29, 0.717) is 35.6 Å². The molecule has 3 aromatic rings. The van der Waals surface area contributed by atoms with Crippen molar-refractivity contribution in [3.8, 4) is 11.5 Å². The number of ether oxygens (including phenoxy) is 1. The zero-order chi connectivity index (χ0) is 22.1. The predicted molar refractivity (Wildman–Crippen MR) is 124 cm³/mol. The normalized spacial score (nSPS) is 18.1. The molecule has 1 atom stereocenters. The fourth-order valence-electron chi connectivity index (χ4n) is 4.07. The van der Waals surface area contributed by atoms with E-state index in [2.05, 4.69) is 59.6 Å². The van der Waals surface area contributed by atoms with Crippen LogP contribution >= 0.6 is 0 Å². The lowest BCUT2D eigenvalue weighted by molar-refractivity contribution is 0.0621. The number of rotatable bonds is 6. The summed E-state index contributed by atoms with van der Waals surface area (Å²) in [5, 5.41) is 0. The predicted octanol–water partition coefficient (Wildman–Crippen LogP) is 4.96. The van der Waals surface area contributed by atoms with Crippen LogP contribution in [0.5, 0.6) is 11.5 Å². The van der Waals surface area contributed by atoms with Gasteiger partial charge in [0.05, 0.1) is 18.8 Å². The molecule has 6 nitrogen and oxygen atoms in total. The minimum Gasteiger partial charge on any atom is -0.453 e. The minimum atomic E-state index is -0.00558. The first-order valence-electron chi connectivity index (χ1n) is 11.2. The highest BCUT2D eigenvalue weighted by Gasteiger charge is 2.25. The summed E-state index contributed by atoms with van der Waals surface area (Å²) >= 11 is 0. The van der Waals surface area contributed by atoms with Crippen LogP contribution < -0.4 is 10.2 Å². The smallest absolute Gasteiger partial charge is 0.175 e. The molecule has 1 aliphatic carbocycles. The van der Waals surface area contributed by atoms with Crippen LogP contribution in [0.25, 0.3) is 0 Å². The second kappa shape index (κ2) is 8.71. The third-order valence-corrected chi connectivity index (χ3v) is 5.94. The van der Waals surface area contributed by atoms with E-state index in [-0.39, 0.29) is 6.04 Å². The molecule has 0 radical (unpaired) electrons. The Morgan fingerprint density at radius 1 is 1.09 bits per heavy atom. The molecule has 2 heterocycles. The Balaban J connectivity index is 1.41. The molecule has 0 spiro atoms. The molecule has 1 aliphatic heterocycles. The molecule has 32 heavy (non-hydrogen) atoms. The summed E-state index contributed by atoms with van der Waals surface area (Å²) < 4.78 is 6.22. The number of hydrogen-bond acceptors (Lipinski definition) is 6. The molecular weight excluding hydrogens is 400 g/mol. The summed E-state index contributed by atoms with van der Waals surface area (Å²) in [6.07, 6.45) is 5.02. The van der Waals surface area contributed by atoms with Gasteiger partial charge in [-0.25, -0.2) is 15.4 Å². The van der Waals surface area contributed by atoms with Gasteiger partial charge in [-0.15, -0.1) is 0 Å². The number of hydrogen-bond donors (Lipinski definition) is 1. The van der Waals surface area contributed by atoms with Crippen LogP contribution in [0.2, 0.25) is 0 Å². The number of aromatic nitrogens is 2. The number of nitrogens with one attached hydrogen (secondary N) is 1. The first-order valence-corrected chi connectivity index (χ1v) is 11.2. The van der Waals surface area contributed by atoms with Crippen molar-refractivity contribution in [2.45, 2.75) is 52.0 Å². The van der Waals surface area contributed by atoms with Crippen LogP contribution in [0.4, 0.5) is 0 Å². The Labute approximate surface area is 188 Å². The van der Waals surface area contributed by atoms with Gasteiger partial charge >= 0.3 is 0 Å². The number of aryl methyl sites for hydroxylation is 3.